The topological polar surface area (TPSA) is 89.1 Å². The number of carbonyl (C=O) groups is 1. The molecule has 1 aromatic heterocycles. The van der Waals surface area contributed by atoms with Gasteiger partial charge in [0.1, 0.15) is 18.2 Å². The lowest BCUT2D eigenvalue weighted by atomic mass is 10.0. The highest BCUT2D eigenvalue weighted by Gasteiger charge is 2.32. The van der Waals surface area contributed by atoms with Gasteiger partial charge in [-0.3, -0.25) is 9.89 Å². The predicted molar refractivity (Wildman–Crippen MR) is 83.5 cm³/mol. The SMILES string of the molecule is COc1cc(Cl)c(F)c(C(=O)NC[C@@H]2CCO[C@@H]2c2ncn[nH]2)c1. The van der Waals surface area contributed by atoms with Gasteiger partial charge in [0.2, 0.25) is 0 Å². The molecule has 9 heteroatoms. The monoisotopic (exact) mass is 354 g/mol. The normalized spacial score (nSPS) is 20.1. The number of aromatic nitrogens is 3. The van der Waals surface area contributed by atoms with Crippen LogP contribution in [0.2, 0.25) is 5.02 Å². The van der Waals surface area contributed by atoms with Gasteiger partial charge in [-0.25, -0.2) is 9.37 Å². The average molecular weight is 355 g/mol. The number of carbonyl (C=O) groups excluding carboxylic acids is 1. The summed E-state index contributed by atoms with van der Waals surface area (Å²) in [5.74, 6) is -0.385. The summed E-state index contributed by atoms with van der Waals surface area (Å²) < 4.78 is 24.7. The van der Waals surface area contributed by atoms with Gasteiger partial charge < -0.3 is 14.8 Å². The smallest absolute Gasteiger partial charge is 0.254 e. The van der Waals surface area contributed by atoms with Crippen molar-refractivity contribution in [2.75, 3.05) is 20.3 Å². The standard InChI is InChI=1S/C15H16ClFN4O3/c1-23-9-4-10(12(17)11(16)5-9)15(22)18-6-8-2-3-24-13(8)14-19-7-20-21-14/h4-5,7-8,13H,2-3,6H2,1H3,(H,18,22)(H,19,20,21)/t8-,13-/m0/s1. The van der Waals surface area contributed by atoms with E-state index in [0.29, 0.717) is 24.7 Å². The van der Waals surface area contributed by atoms with Crippen LogP contribution in [-0.2, 0) is 4.74 Å². The zero-order valence-electron chi connectivity index (χ0n) is 12.9. The lowest BCUT2D eigenvalue weighted by Crippen LogP contribution is -2.31. The Labute approximate surface area is 142 Å². The van der Waals surface area contributed by atoms with Crippen molar-refractivity contribution in [2.45, 2.75) is 12.5 Å². The van der Waals surface area contributed by atoms with Crippen LogP contribution in [0.5, 0.6) is 5.75 Å². The maximum absolute atomic E-state index is 14.1. The summed E-state index contributed by atoms with van der Waals surface area (Å²) in [6.45, 7) is 0.879. The maximum atomic E-state index is 14.1. The van der Waals surface area contributed by atoms with Gasteiger partial charge in [0.15, 0.2) is 11.6 Å². The predicted octanol–water partition coefficient (Wildman–Crippen LogP) is 2.11. The van der Waals surface area contributed by atoms with E-state index in [1.165, 1.54) is 25.6 Å². The zero-order chi connectivity index (χ0) is 17.1. The Hall–Kier alpha value is -2.19. The number of nitrogens with zero attached hydrogens (tertiary/aromatic N) is 2. The van der Waals surface area contributed by atoms with Crippen LogP contribution in [0.25, 0.3) is 0 Å². The van der Waals surface area contributed by atoms with Crippen LogP contribution in [0.3, 0.4) is 0 Å². The second-order valence-electron chi connectivity index (χ2n) is 5.39. The Morgan fingerprint density at radius 2 is 2.42 bits per heavy atom. The third-order valence-corrected chi connectivity index (χ3v) is 4.20. The van der Waals surface area contributed by atoms with Crippen LogP contribution in [0, 0.1) is 11.7 Å². The number of nitrogens with one attached hydrogen (secondary N) is 2. The molecular weight excluding hydrogens is 339 g/mol. The van der Waals surface area contributed by atoms with Crippen LogP contribution < -0.4 is 10.1 Å². The second-order valence-corrected chi connectivity index (χ2v) is 5.80. The van der Waals surface area contributed by atoms with E-state index in [0.717, 1.165) is 6.42 Å². The number of rotatable bonds is 5. The van der Waals surface area contributed by atoms with Gasteiger partial charge >= 0.3 is 0 Å². The molecule has 2 heterocycles. The Morgan fingerprint density at radius 3 is 3.12 bits per heavy atom. The fourth-order valence-corrected chi connectivity index (χ4v) is 2.87. The minimum Gasteiger partial charge on any atom is -0.497 e. The Bertz CT molecular complexity index is 726. The van der Waals surface area contributed by atoms with Crippen LogP contribution in [-0.4, -0.2) is 41.3 Å². The van der Waals surface area contributed by atoms with Crippen molar-refractivity contribution in [3.63, 3.8) is 0 Å². The van der Waals surface area contributed by atoms with Crippen molar-refractivity contribution in [1.29, 1.82) is 0 Å². The summed E-state index contributed by atoms with van der Waals surface area (Å²) in [4.78, 5) is 16.4. The van der Waals surface area contributed by atoms with Crippen molar-refractivity contribution in [3.8, 4) is 5.75 Å². The molecule has 1 aromatic carbocycles. The highest BCUT2D eigenvalue weighted by molar-refractivity contribution is 6.31. The molecule has 2 aromatic rings. The Balaban J connectivity index is 1.68. The van der Waals surface area contributed by atoms with Gasteiger partial charge in [0, 0.05) is 25.1 Å². The number of benzene rings is 1. The zero-order valence-corrected chi connectivity index (χ0v) is 13.6. The first-order valence-electron chi connectivity index (χ1n) is 7.38. The quantitative estimate of drug-likeness (QED) is 0.858. The van der Waals surface area contributed by atoms with Crippen LogP contribution in [0.15, 0.2) is 18.5 Å². The van der Waals surface area contributed by atoms with Gasteiger partial charge in [-0.05, 0) is 12.5 Å². The molecule has 1 aliphatic heterocycles. The van der Waals surface area contributed by atoms with E-state index < -0.39 is 11.7 Å². The number of aromatic amines is 1. The van der Waals surface area contributed by atoms with E-state index in [1.54, 1.807) is 0 Å². The number of hydrogen-bond donors (Lipinski definition) is 2. The van der Waals surface area contributed by atoms with Crippen molar-refractivity contribution in [2.24, 2.45) is 5.92 Å². The number of hydrogen-bond acceptors (Lipinski definition) is 5. The van der Waals surface area contributed by atoms with Gasteiger partial charge in [0.05, 0.1) is 17.7 Å². The van der Waals surface area contributed by atoms with E-state index in [1.807, 2.05) is 0 Å². The summed E-state index contributed by atoms with van der Waals surface area (Å²) in [6.07, 6.45) is 1.89. The molecule has 2 atom stereocenters. The summed E-state index contributed by atoms with van der Waals surface area (Å²) >= 11 is 5.79. The van der Waals surface area contributed by atoms with Crippen molar-refractivity contribution < 1.29 is 18.7 Å². The van der Waals surface area contributed by atoms with Crippen LogP contribution in [0.4, 0.5) is 4.39 Å². The van der Waals surface area contributed by atoms with Gasteiger partial charge in [-0.2, -0.15) is 5.10 Å². The molecular formula is C15H16ClFN4O3. The Kier molecular flexibility index (Phi) is 4.96. The summed E-state index contributed by atoms with van der Waals surface area (Å²) in [6, 6.07) is 2.63. The van der Waals surface area contributed by atoms with E-state index in [-0.39, 0.29) is 22.6 Å². The van der Waals surface area contributed by atoms with Gasteiger partial charge in [-0.15, -0.1) is 0 Å². The molecule has 1 fully saturated rings. The number of amides is 1. The first-order chi connectivity index (χ1) is 11.6. The number of H-pyrrole nitrogens is 1. The summed E-state index contributed by atoms with van der Waals surface area (Å²) in [7, 11) is 1.42. The molecule has 3 rings (SSSR count). The lowest BCUT2D eigenvalue weighted by molar-refractivity contribution is 0.0797. The minimum atomic E-state index is -0.774. The molecule has 1 saturated heterocycles. The highest BCUT2D eigenvalue weighted by atomic mass is 35.5. The maximum Gasteiger partial charge on any atom is 0.254 e. The van der Waals surface area contributed by atoms with Gasteiger partial charge in [-0.1, -0.05) is 11.6 Å². The van der Waals surface area contributed by atoms with E-state index in [4.69, 9.17) is 21.1 Å². The van der Waals surface area contributed by atoms with Crippen molar-refractivity contribution >= 4 is 17.5 Å². The third kappa shape index (κ3) is 3.34. The van der Waals surface area contributed by atoms with Gasteiger partial charge in [0.25, 0.3) is 5.91 Å². The highest BCUT2D eigenvalue weighted by Crippen LogP contribution is 2.32. The largest absolute Gasteiger partial charge is 0.497 e. The molecule has 0 aliphatic carbocycles. The van der Waals surface area contributed by atoms with Crippen LogP contribution >= 0.6 is 11.6 Å². The molecule has 0 bridgehead atoms. The molecule has 24 heavy (non-hydrogen) atoms. The molecule has 0 radical (unpaired) electrons. The fraction of sp³-hybridized carbons (Fsp3) is 0.400. The Morgan fingerprint density at radius 1 is 1.58 bits per heavy atom. The molecule has 0 saturated carbocycles. The molecule has 128 valence electrons. The molecule has 0 spiro atoms. The number of halogens is 2. The molecule has 2 N–H and O–H groups in total. The van der Waals surface area contributed by atoms with E-state index in [2.05, 4.69) is 20.5 Å². The van der Waals surface area contributed by atoms with Crippen LogP contribution in [0.1, 0.15) is 28.7 Å². The molecule has 1 amide bonds. The third-order valence-electron chi connectivity index (χ3n) is 3.92. The van der Waals surface area contributed by atoms with E-state index >= 15 is 0 Å². The summed E-state index contributed by atoms with van der Waals surface area (Å²) in [5, 5.41) is 9.12. The minimum absolute atomic E-state index is 0.0195. The number of methoxy groups -OCH3 is 1. The number of ether oxygens (including phenoxy) is 2. The fourth-order valence-electron chi connectivity index (χ4n) is 2.66. The lowest BCUT2D eigenvalue weighted by Gasteiger charge is -2.17. The average Bonchev–Trinajstić information content (AvgIpc) is 3.25. The molecule has 0 unspecified atom stereocenters. The molecule has 7 nitrogen and oxygen atoms in total. The molecule has 1 aliphatic rings. The van der Waals surface area contributed by atoms with Crippen molar-refractivity contribution in [1.82, 2.24) is 20.5 Å². The first-order valence-corrected chi connectivity index (χ1v) is 7.76. The summed E-state index contributed by atoms with van der Waals surface area (Å²) in [5.41, 5.74) is -0.158. The second kappa shape index (κ2) is 7.14. The first kappa shape index (κ1) is 16.7. The van der Waals surface area contributed by atoms with Crippen molar-refractivity contribution in [3.05, 3.63) is 40.7 Å². The van der Waals surface area contributed by atoms with E-state index in [9.17, 15) is 9.18 Å².